The summed E-state index contributed by atoms with van der Waals surface area (Å²) in [5, 5.41) is 8.14. The van der Waals surface area contributed by atoms with Crippen molar-refractivity contribution in [2.24, 2.45) is 11.3 Å². The number of ether oxygens (including phenoxy) is 2. The molecule has 15 heteroatoms. The number of aryl methyl sites for hydroxylation is 1. The minimum Gasteiger partial charge on any atom is -0.464 e. The number of fused-ring (bicyclic) bond motifs is 6. The number of hydrazine groups is 1. The molecule has 0 aliphatic carbocycles. The average Bonchev–Trinajstić information content (AvgIpc) is 3.82. The summed E-state index contributed by atoms with van der Waals surface area (Å²) in [6.45, 7) is 15.6. The standard InChI is InChI=1S/C44H60N8O6S/c1-11-49(8)43(56)50(9)38(26(3)4)40(53)47-33-22-36-46-34(24-59-36)28-17-18-35-30(21-28)31(39(51(35)12-2)29-15-13-19-45-37(29)27(5)57-10)23-44(6,7)25-58-42(55)32-16-14-20-52(48-32)41(33)54/h13,15,17-19,21,24,26-27,32-33,38,48H,11-12,14,16,20,22-23,25H2,1-10H3,(H,47,53)/t27-,32-,33-,38?/m0/s1. The molecule has 0 radical (unpaired) electrons. The van der Waals surface area contributed by atoms with Gasteiger partial charge < -0.3 is 29.2 Å². The zero-order chi connectivity index (χ0) is 42.8. The fraction of sp³-hybridized carbons (Fsp3) is 0.545. The summed E-state index contributed by atoms with van der Waals surface area (Å²) in [6, 6.07) is 7.51. The van der Waals surface area contributed by atoms with Crippen molar-refractivity contribution < 1.29 is 28.7 Å². The molecule has 14 nitrogen and oxygen atoms in total. The number of amides is 4. The number of pyridine rings is 1. The molecule has 5 heterocycles. The summed E-state index contributed by atoms with van der Waals surface area (Å²) in [4.78, 5) is 68.4. The predicted molar refractivity (Wildman–Crippen MR) is 229 cm³/mol. The van der Waals surface area contributed by atoms with Crippen LogP contribution in [0.5, 0.6) is 0 Å². The summed E-state index contributed by atoms with van der Waals surface area (Å²) >= 11 is 1.42. The minimum atomic E-state index is -1.03. The number of carbonyl (C=O) groups excluding carboxylic acids is 4. The van der Waals surface area contributed by atoms with Crippen molar-refractivity contribution in [1.29, 1.82) is 0 Å². The summed E-state index contributed by atoms with van der Waals surface area (Å²) < 4.78 is 14.2. The molecule has 1 aromatic carbocycles. The second kappa shape index (κ2) is 18.2. The van der Waals surface area contributed by atoms with Crippen LogP contribution in [0.25, 0.3) is 33.4 Å². The van der Waals surface area contributed by atoms with Gasteiger partial charge in [-0.15, -0.1) is 11.3 Å². The Bertz CT molecular complexity index is 2180. The number of benzene rings is 1. The van der Waals surface area contributed by atoms with Crippen molar-refractivity contribution in [3.05, 3.63) is 58.2 Å². The molecule has 318 valence electrons. The van der Waals surface area contributed by atoms with E-state index < -0.39 is 41.3 Å². The van der Waals surface area contributed by atoms with Gasteiger partial charge in [-0.1, -0.05) is 33.8 Å². The lowest BCUT2D eigenvalue weighted by Gasteiger charge is -2.37. The highest BCUT2D eigenvalue weighted by Gasteiger charge is 2.38. The van der Waals surface area contributed by atoms with Crippen LogP contribution in [-0.4, -0.2) is 112 Å². The fourth-order valence-electron chi connectivity index (χ4n) is 8.27. The van der Waals surface area contributed by atoms with E-state index in [2.05, 4.69) is 60.3 Å². The van der Waals surface area contributed by atoms with Crippen molar-refractivity contribution in [1.82, 2.24) is 40.1 Å². The van der Waals surface area contributed by atoms with E-state index >= 15 is 0 Å². The molecule has 59 heavy (non-hydrogen) atoms. The summed E-state index contributed by atoms with van der Waals surface area (Å²) in [5.41, 5.74) is 9.37. The van der Waals surface area contributed by atoms with Crippen LogP contribution in [0.1, 0.15) is 83.7 Å². The molecule has 1 fully saturated rings. The van der Waals surface area contributed by atoms with Crippen LogP contribution >= 0.6 is 11.3 Å². The number of cyclic esters (lactones) is 1. The largest absolute Gasteiger partial charge is 0.464 e. The van der Waals surface area contributed by atoms with E-state index in [9.17, 15) is 19.2 Å². The van der Waals surface area contributed by atoms with E-state index in [1.54, 1.807) is 27.4 Å². The molecule has 2 aliphatic heterocycles. The van der Waals surface area contributed by atoms with Crippen LogP contribution in [0.4, 0.5) is 4.79 Å². The van der Waals surface area contributed by atoms with Crippen LogP contribution in [0, 0.1) is 11.3 Å². The number of nitrogens with zero attached hydrogens (tertiary/aromatic N) is 6. The summed E-state index contributed by atoms with van der Waals surface area (Å²) in [5.74, 6) is -1.53. The number of hydrogen-bond acceptors (Lipinski definition) is 10. The van der Waals surface area contributed by atoms with Crippen LogP contribution in [-0.2, 0) is 43.2 Å². The maximum absolute atomic E-state index is 14.4. The first-order chi connectivity index (χ1) is 28.1. The molecule has 4 amide bonds. The smallest absolute Gasteiger partial charge is 0.324 e. The van der Waals surface area contributed by atoms with Crippen LogP contribution in [0.3, 0.4) is 0 Å². The predicted octanol–water partition coefficient (Wildman–Crippen LogP) is 6.23. The molecule has 3 aromatic heterocycles. The normalized spacial score (nSPS) is 19.5. The molecule has 0 saturated carbocycles. The number of hydrogen-bond donors (Lipinski definition) is 2. The maximum atomic E-state index is 14.4. The Hall–Kier alpha value is -4.86. The number of urea groups is 1. The number of methoxy groups -OCH3 is 1. The van der Waals surface area contributed by atoms with E-state index in [4.69, 9.17) is 19.4 Å². The molecule has 4 atom stereocenters. The third-order valence-corrected chi connectivity index (χ3v) is 12.4. The zero-order valence-corrected chi connectivity index (χ0v) is 36.9. The fourth-order valence-corrected chi connectivity index (χ4v) is 9.12. The lowest BCUT2D eigenvalue weighted by Crippen LogP contribution is -2.62. The van der Waals surface area contributed by atoms with Gasteiger partial charge in [0.1, 0.15) is 18.1 Å². The first-order valence-corrected chi connectivity index (χ1v) is 21.6. The van der Waals surface area contributed by atoms with Gasteiger partial charge in [-0.3, -0.25) is 24.4 Å². The molecule has 2 aliphatic rings. The second-order valence-corrected chi connectivity index (χ2v) is 17.8. The number of nitrogens with one attached hydrogen (secondary N) is 2. The van der Waals surface area contributed by atoms with Crippen molar-refractivity contribution in [3.8, 4) is 22.5 Å². The number of likely N-dealkylation sites (N-methyl/N-ethyl adjacent to an activating group) is 1. The molecule has 0 spiro atoms. The average molecular weight is 829 g/mol. The first-order valence-electron chi connectivity index (χ1n) is 20.7. The lowest BCUT2D eigenvalue weighted by atomic mass is 9.84. The Kier molecular flexibility index (Phi) is 13.5. The highest BCUT2D eigenvalue weighted by atomic mass is 32.1. The van der Waals surface area contributed by atoms with Crippen molar-refractivity contribution >= 4 is 46.1 Å². The minimum absolute atomic E-state index is 0.110. The van der Waals surface area contributed by atoms with Gasteiger partial charge in [0.15, 0.2) is 0 Å². The highest BCUT2D eigenvalue weighted by Crippen LogP contribution is 2.42. The van der Waals surface area contributed by atoms with E-state index in [1.165, 1.54) is 26.1 Å². The van der Waals surface area contributed by atoms with Crippen molar-refractivity contribution in [3.63, 3.8) is 0 Å². The van der Waals surface area contributed by atoms with Gasteiger partial charge in [-0.05, 0) is 75.8 Å². The summed E-state index contributed by atoms with van der Waals surface area (Å²) in [6.07, 6.45) is 3.30. The van der Waals surface area contributed by atoms with Gasteiger partial charge in [0, 0.05) is 86.3 Å². The van der Waals surface area contributed by atoms with Gasteiger partial charge in [0.05, 0.1) is 34.8 Å². The Morgan fingerprint density at radius 1 is 1.15 bits per heavy atom. The number of aromatic nitrogens is 3. The van der Waals surface area contributed by atoms with E-state index in [1.807, 2.05) is 39.1 Å². The molecule has 1 unspecified atom stereocenters. The van der Waals surface area contributed by atoms with Gasteiger partial charge in [0.2, 0.25) is 5.91 Å². The van der Waals surface area contributed by atoms with Crippen molar-refractivity contribution in [2.45, 2.75) is 105 Å². The zero-order valence-electron chi connectivity index (χ0n) is 36.1. The Morgan fingerprint density at radius 3 is 2.61 bits per heavy atom. The Labute approximate surface area is 351 Å². The second-order valence-electron chi connectivity index (χ2n) is 16.9. The molecular formula is C44H60N8O6S. The molecule has 6 bridgehead atoms. The van der Waals surface area contributed by atoms with Gasteiger partial charge >= 0.3 is 12.0 Å². The number of esters is 1. The van der Waals surface area contributed by atoms with Gasteiger partial charge in [-0.2, -0.15) is 0 Å². The van der Waals surface area contributed by atoms with E-state index in [-0.39, 0.29) is 31.1 Å². The molecular weight excluding hydrogens is 769 g/mol. The SMILES string of the molecule is CCN(C)C(=O)N(C)C(C(=O)N[C@H]1Cc2nc(cs2)-c2ccc3c(c2)c(c(-c2cccnc2[C@H](C)OC)n3CC)CC(C)(C)COC(=O)[C@@H]2CCCN(N2)C1=O)C(C)C. The maximum Gasteiger partial charge on any atom is 0.324 e. The van der Waals surface area contributed by atoms with Gasteiger partial charge in [-0.25, -0.2) is 15.2 Å². The van der Waals surface area contributed by atoms with E-state index in [0.717, 1.165) is 44.7 Å². The molecule has 4 aromatic rings. The van der Waals surface area contributed by atoms with Crippen LogP contribution in [0.15, 0.2) is 41.9 Å². The van der Waals surface area contributed by atoms with Crippen LogP contribution in [0.2, 0.25) is 0 Å². The molecule has 1 saturated heterocycles. The van der Waals surface area contributed by atoms with Gasteiger partial charge in [0.25, 0.3) is 5.91 Å². The Balaban J connectivity index is 1.46. The number of thiazole rings is 1. The van der Waals surface area contributed by atoms with E-state index in [0.29, 0.717) is 43.9 Å². The topological polar surface area (TPSA) is 151 Å². The van der Waals surface area contributed by atoms with Crippen LogP contribution < -0.4 is 10.7 Å². The molecule has 2 N–H and O–H groups in total. The summed E-state index contributed by atoms with van der Waals surface area (Å²) in [7, 11) is 4.98. The Morgan fingerprint density at radius 2 is 1.92 bits per heavy atom. The highest BCUT2D eigenvalue weighted by molar-refractivity contribution is 7.10. The number of rotatable bonds is 9. The number of carbonyl (C=O) groups is 4. The monoisotopic (exact) mass is 828 g/mol. The third kappa shape index (κ3) is 9.17. The quantitative estimate of drug-likeness (QED) is 0.187. The third-order valence-electron chi connectivity index (χ3n) is 11.6. The lowest BCUT2D eigenvalue weighted by molar-refractivity contribution is -0.155. The van der Waals surface area contributed by atoms with Crippen molar-refractivity contribution in [2.75, 3.05) is 40.9 Å². The first kappa shape index (κ1) is 43.7. The molecule has 6 rings (SSSR count).